The van der Waals surface area contributed by atoms with Crippen LogP contribution in [0.2, 0.25) is 0 Å². The lowest BCUT2D eigenvalue weighted by Crippen LogP contribution is -3.00. The van der Waals surface area contributed by atoms with Crippen molar-refractivity contribution in [2.75, 3.05) is 0 Å². The van der Waals surface area contributed by atoms with Crippen molar-refractivity contribution in [1.82, 2.24) is 0 Å². The molecule has 3 rings (SSSR count). The Morgan fingerprint density at radius 1 is 0.680 bits per heavy atom. The Labute approximate surface area is 164 Å². The summed E-state index contributed by atoms with van der Waals surface area (Å²) in [5, 5.41) is 23.0. The maximum atomic E-state index is 8.51. The van der Waals surface area contributed by atoms with Gasteiger partial charge in [-0.15, -0.1) is 9.13 Å². The molecule has 0 unspecified atom stereocenters. The van der Waals surface area contributed by atoms with Gasteiger partial charge in [-0.05, 0) is 0 Å². The lowest BCUT2D eigenvalue weighted by molar-refractivity contribution is -0.627. The number of aromatic nitrogens is 2. The number of oxime groups is 2. The van der Waals surface area contributed by atoms with Crippen LogP contribution in [0.25, 0.3) is 11.8 Å². The fraction of sp³-hybridized carbons (Fsp3) is 0. The van der Waals surface area contributed by atoms with E-state index in [2.05, 4.69) is 10.3 Å². The number of furan rings is 1. The first-order valence-electron chi connectivity index (χ1n) is 6.78. The molecule has 0 bridgehead atoms. The predicted molar refractivity (Wildman–Crippen MR) is 80.5 cm³/mol. The van der Waals surface area contributed by atoms with Crippen molar-refractivity contribution >= 4 is 12.4 Å². The smallest absolute Gasteiger partial charge is 0.383 e. The molecule has 0 saturated heterocycles. The molecule has 3 heterocycles. The van der Waals surface area contributed by atoms with E-state index in [1.54, 1.807) is 24.3 Å². The summed E-state index contributed by atoms with van der Waals surface area (Å²) >= 11 is 0. The summed E-state index contributed by atoms with van der Waals surface area (Å²) in [5.74, 6) is 1.31. The van der Waals surface area contributed by atoms with E-state index in [4.69, 9.17) is 14.8 Å². The van der Waals surface area contributed by atoms with Crippen LogP contribution < -0.4 is 43.1 Å². The van der Waals surface area contributed by atoms with Gasteiger partial charge in [-0.3, -0.25) is 0 Å². The van der Waals surface area contributed by atoms with Gasteiger partial charge in [0, 0.05) is 35.4 Å². The van der Waals surface area contributed by atoms with E-state index in [0.29, 0.717) is 11.8 Å². The summed E-state index contributed by atoms with van der Waals surface area (Å²) in [6.07, 6.45) is 9.95. The number of halogens is 2. The van der Waals surface area contributed by atoms with E-state index < -0.39 is 0 Å². The molecule has 0 spiro atoms. The van der Waals surface area contributed by atoms with Crippen LogP contribution in [-0.4, -0.2) is 22.8 Å². The standard InChI is InChI=1S/C16H12N4O3.2BrH/c21-17-11-13-3-7-19(8-4-13)15-1-2-16(23-15)20-9-5-14(6-10-20)12-18-22;;/h1-12H;2*1H. The van der Waals surface area contributed by atoms with E-state index in [-0.39, 0.29) is 34.0 Å². The van der Waals surface area contributed by atoms with E-state index in [9.17, 15) is 0 Å². The Kier molecular flexibility index (Phi) is 7.96. The average Bonchev–Trinajstić information content (AvgIpc) is 3.07. The largest absolute Gasteiger partial charge is 1.00 e. The monoisotopic (exact) mass is 468 g/mol. The highest BCUT2D eigenvalue weighted by Gasteiger charge is 2.17. The molecular weight excluding hydrogens is 456 g/mol. The van der Waals surface area contributed by atoms with Gasteiger partial charge in [-0.1, -0.05) is 10.3 Å². The van der Waals surface area contributed by atoms with Crippen molar-refractivity contribution in [2.24, 2.45) is 10.3 Å². The van der Waals surface area contributed by atoms with Crippen molar-refractivity contribution in [3.63, 3.8) is 0 Å². The summed E-state index contributed by atoms with van der Waals surface area (Å²) in [4.78, 5) is 0. The zero-order valence-corrected chi connectivity index (χ0v) is 15.9. The first-order valence-corrected chi connectivity index (χ1v) is 6.78. The van der Waals surface area contributed by atoms with Gasteiger partial charge in [0.15, 0.2) is 24.8 Å². The third-order valence-corrected chi connectivity index (χ3v) is 3.21. The molecule has 0 fully saturated rings. The quantitative estimate of drug-likeness (QED) is 0.175. The van der Waals surface area contributed by atoms with Crippen LogP contribution in [0.3, 0.4) is 0 Å². The van der Waals surface area contributed by atoms with Crippen molar-refractivity contribution in [3.8, 4) is 11.8 Å². The number of hydrogen-bond acceptors (Lipinski definition) is 5. The van der Waals surface area contributed by atoms with E-state index in [1.165, 1.54) is 12.4 Å². The third-order valence-electron chi connectivity index (χ3n) is 3.21. The highest BCUT2D eigenvalue weighted by atomic mass is 79.9. The van der Waals surface area contributed by atoms with Crippen LogP contribution in [0.4, 0.5) is 0 Å². The summed E-state index contributed by atoms with van der Waals surface area (Å²) in [6, 6.07) is 10.9. The third kappa shape index (κ3) is 4.97. The van der Waals surface area contributed by atoms with Crippen LogP contribution in [0.15, 0.2) is 75.9 Å². The Morgan fingerprint density at radius 2 is 1.04 bits per heavy atom. The second-order valence-electron chi connectivity index (χ2n) is 4.68. The second kappa shape index (κ2) is 9.70. The lowest BCUT2D eigenvalue weighted by atomic mass is 10.3. The minimum atomic E-state index is 0. The zero-order chi connectivity index (χ0) is 16.1. The summed E-state index contributed by atoms with van der Waals surface area (Å²) < 4.78 is 9.44. The SMILES string of the molecule is O/N=C/c1cc[n+](-c2ccc(-[n+]3ccc(/C=N/O)cc3)o2)cc1.[Br-].[Br-]. The fourth-order valence-corrected chi connectivity index (χ4v) is 2.07. The van der Waals surface area contributed by atoms with Gasteiger partial charge in [0.05, 0.1) is 24.6 Å². The molecule has 3 aromatic heterocycles. The molecule has 0 radical (unpaired) electrons. The van der Waals surface area contributed by atoms with Crippen LogP contribution in [0, 0.1) is 0 Å². The number of pyridine rings is 2. The summed E-state index contributed by atoms with van der Waals surface area (Å²) in [7, 11) is 0. The minimum absolute atomic E-state index is 0. The second-order valence-corrected chi connectivity index (χ2v) is 4.68. The normalized spacial score (nSPS) is 10.6. The molecule has 25 heavy (non-hydrogen) atoms. The van der Waals surface area contributed by atoms with Crippen LogP contribution in [0.5, 0.6) is 0 Å². The van der Waals surface area contributed by atoms with Gasteiger partial charge in [0.25, 0.3) is 0 Å². The topological polar surface area (TPSA) is 86.1 Å². The lowest BCUT2D eigenvalue weighted by Gasteiger charge is -1.92. The van der Waals surface area contributed by atoms with Gasteiger partial charge in [0.2, 0.25) is 0 Å². The van der Waals surface area contributed by atoms with Crippen LogP contribution in [-0.2, 0) is 0 Å². The van der Waals surface area contributed by atoms with Gasteiger partial charge >= 0.3 is 11.8 Å². The maximum absolute atomic E-state index is 8.51. The van der Waals surface area contributed by atoms with Gasteiger partial charge in [-0.2, -0.15) is 0 Å². The van der Waals surface area contributed by atoms with Crippen molar-refractivity contribution in [3.05, 3.63) is 72.3 Å². The van der Waals surface area contributed by atoms with Gasteiger partial charge in [-0.25, -0.2) is 0 Å². The van der Waals surface area contributed by atoms with Crippen LogP contribution in [0.1, 0.15) is 11.1 Å². The van der Waals surface area contributed by atoms with Crippen molar-refractivity contribution in [1.29, 1.82) is 0 Å². The van der Waals surface area contributed by atoms with Crippen molar-refractivity contribution in [2.45, 2.75) is 0 Å². The molecule has 0 aromatic carbocycles. The molecule has 7 nitrogen and oxygen atoms in total. The Bertz CT molecular complexity index is 777. The molecule has 0 amide bonds. The Balaban J connectivity index is 0.00000156. The predicted octanol–water partition coefficient (Wildman–Crippen LogP) is -4.54. The molecule has 0 atom stereocenters. The van der Waals surface area contributed by atoms with Gasteiger partial charge < -0.3 is 48.8 Å². The van der Waals surface area contributed by atoms with E-state index in [0.717, 1.165) is 11.1 Å². The van der Waals surface area contributed by atoms with E-state index in [1.807, 2.05) is 46.1 Å². The highest BCUT2D eigenvalue weighted by Crippen LogP contribution is 2.07. The fourth-order valence-electron chi connectivity index (χ4n) is 2.07. The highest BCUT2D eigenvalue weighted by molar-refractivity contribution is 5.78. The molecule has 9 heteroatoms. The molecule has 0 aliphatic carbocycles. The molecule has 0 aliphatic heterocycles. The summed E-state index contributed by atoms with van der Waals surface area (Å²) in [6.45, 7) is 0. The van der Waals surface area contributed by atoms with Gasteiger partial charge in [0.1, 0.15) is 0 Å². The number of hydrogen-bond donors (Lipinski definition) is 2. The molecule has 0 aliphatic rings. The first kappa shape index (κ1) is 20.5. The minimum Gasteiger partial charge on any atom is -1.00 e. The number of nitrogens with zero attached hydrogens (tertiary/aromatic N) is 4. The molecule has 2 N–H and O–H groups in total. The molecule has 0 saturated carbocycles. The van der Waals surface area contributed by atoms with Crippen LogP contribution >= 0.6 is 0 Å². The first-order chi connectivity index (χ1) is 11.3. The summed E-state index contributed by atoms with van der Waals surface area (Å²) in [5.41, 5.74) is 1.57. The number of rotatable bonds is 4. The zero-order valence-electron chi connectivity index (χ0n) is 12.8. The Morgan fingerprint density at radius 3 is 1.36 bits per heavy atom. The van der Waals surface area contributed by atoms with E-state index >= 15 is 0 Å². The average molecular weight is 470 g/mol. The maximum Gasteiger partial charge on any atom is 0.383 e. The Hall–Kier alpha value is -2.52. The molecular formula is C16H14Br2N4O3. The molecule has 130 valence electrons. The molecule has 3 aromatic rings. The van der Waals surface area contributed by atoms with Crippen molar-refractivity contribution < 1.29 is 57.9 Å².